The Morgan fingerprint density at radius 2 is 2.06 bits per heavy atom. The predicted molar refractivity (Wildman–Crippen MR) is 128 cm³/mol. The second kappa shape index (κ2) is 12.0. The zero-order chi connectivity index (χ0) is 23.8. The number of carbonyl (C=O) groups excluding carboxylic acids is 1. The summed E-state index contributed by atoms with van der Waals surface area (Å²) in [6.45, 7) is 4.05. The first-order chi connectivity index (χ1) is 15.9. The summed E-state index contributed by atoms with van der Waals surface area (Å²) in [5, 5.41) is 21.6. The molecular weight excluding hydrogens is 425 g/mol. The van der Waals surface area contributed by atoms with E-state index in [1.54, 1.807) is 43.4 Å². The molecule has 0 saturated carbocycles. The maximum Gasteiger partial charge on any atom is 0.258 e. The van der Waals surface area contributed by atoms with Crippen LogP contribution in [-0.4, -0.2) is 68.2 Å². The molecule has 1 fully saturated rings. The SMILES string of the molecule is CCCCOc1ccc(C(=O)N(C)c2ccc(N3CCC(NCC(O)CO)C3)c(F)c2)cc1. The van der Waals surface area contributed by atoms with Gasteiger partial charge in [0, 0.05) is 44.0 Å². The number of halogens is 1. The number of unbranched alkanes of at least 4 members (excludes halogenated alkanes) is 1. The summed E-state index contributed by atoms with van der Waals surface area (Å²) in [6, 6.07) is 11.9. The van der Waals surface area contributed by atoms with Gasteiger partial charge in [0.15, 0.2) is 0 Å². The van der Waals surface area contributed by atoms with Gasteiger partial charge >= 0.3 is 0 Å². The van der Waals surface area contributed by atoms with E-state index >= 15 is 0 Å². The smallest absolute Gasteiger partial charge is 0.258 e. The van der Waals surface area contributed by atoms with Gasteiger partial charge in [-0.15, -0.1) is 0 Å². The number of benzene rings is 2. The van der Waals surface area contributed by atoms with Gasteiger partial charge in [-0.25, -0.2) is 4.39 Å². The zero-order valence-electron chi connectivity index (χ0n) is 19.3. The van der Waals surface area contributed by atoms with Crippen LogP contribution >= 0.6 is 0 Å². The van der Waals surface area contributed by atoms with E-state index in [9.17, 15) is 14.3 Å². The number of amides is 1. The second-order valence-electron chi connectivity index (χ2n) is 8.40. The third kappa shape index (κ3) is 6.66. The lowest BCUT2D eigenvalue weighted by Gasteiger charge is -2.23. The third-order valence-electron chi connectivity index (χ3n) is 5.87. The van der Waals surface area contributed by atoms with E-state index in [-0.39, 0.29) is 24.4 Å². The van der Waals surface area contributed by atoms with Gasteiger partial charge < -0.3 is 30.1 Å². The lowest BCUT2D eigenvalue weighted by Crippen LogP contribution is -2.38. The Labute approximate surface area is 194 Å². The van der Waals surface area contributed by atoms with Crippen molar-refractivity contribution in [2.75, 3.05) is 49.7 Å². The largest absolute Gasteiger partial charge is 0.494 e. The molecule has 1 saturated heterocycles. The van der Waals surface area contributed by atoms with Gasteiger partial charge in [0.05, 0.1) is 25.0 Å². The van der Waals surface area contributed by atoms with Crippen molar-refractivity contribution >= 4 is 17.3 Å². The molecule has 2 unspecified atom stereocenters. The van der Waals surface area contributed by atoms with E-state index in [1.807, 2.05) is 4.90 Å². The summed E-state index contributed by atoms with van der Waals surface area (Å²) < 4.78 is 20.6. The maximum absolute atomic E-state index is 14.9. The molecular formula is C25H34FN3O4. The van der Waals surface area contributed by atoms with Crippen molar-refractivity contribution in [3.63, 3.8) is 0 Å². The first-order valence-electron chi connectivity index (χ1n) is 11.5. The highest BCUT2D eigenvalue weighted by molar-refractivity contribution is 6.05. The Bertz CT molecular complexity index is 909. The second-order valence-corrected chi connectivity index (χ2v) is 8.40. The molecule has 1 heterocycles. The summed E-state index contributed by atoms with van der Waals surface area (Å²) >= 11 is 0. The van der Waals surface area contributed by atoms with Crippen molar-refractivity contribution in [2.45, 2.75) is 38.3 Å². The van der Waals surface area contributed by atoms with E-state index in [0.717, 1.165) is 25.0 Å². The first kappa shape index (κ1) is 25.0. The molecule has 1 aliphatic heterocycles. The minimum Gasteiger partial charge on any atom is -0.494 e. The van der Waals surface area contributed by atoms with Crippen molar-refractivity contribution in [3.05, 3.63) is 53.8 Å². The van der Waals surface area contributed by atoms with Crippen LogP contribution in [0.3, 0.4) is 0 Å². The molecule has 180 valence electrons. The molecule has 0 aromatic heterocycles. The minimum absolute atomic E-state index is 0.114. The molecule has 2 atom stereocenters. The van der Waals surface area contributed by atoms with Gasteiger partial charge in [-0.1, -0.05) is 13.3 Å². The van der Waals surface area contributed by atoms with E-state index in [0.29, 0.717) is 43.2 Å². The Kier molecular flexibility index (Phi) is 9.05. The molecule has 2 aromatic carbocycles. The number of hydrogen-bond donors (Lipinski definition) is 3. The normalized spacial score (nSPS) is 16.6. The Hall–Kier alpha value is -2.68. The van der Waals surface area contributed by atoms with Crippen LogP contribution < -0.4 is 19.9 Å². The molecule has 1 aliphatic rings. The first-order valence-corrected chi connectivity index (χ1v) is 11.5. The molecule has 8 heteroatoms. The van der Waals surface area contributed by atoms with E-state index < -0.39 is 6.10 Å². The van der Waals surface area contributed by atoms with Crippen LogP contribution in [0.1, 0.15) is 36.5 Å². The number of nitrogens with zero attached hydrogens (tertiary/aromatic N) is 2. The van der Waals surface area contributed by atoms with Crippen molar-refractivity contribution in [1.82, 2.24) is 5.32 Å². The van der Waals surface area contributed by atoms with Gasteiger partial charge in [-0.05, 0) is 55.3 Å². The lowest BCUT2D eigenvalue weighted by atomic mass is 10.1. The highest BCUT2D eigenvalue weighted by Gasteiger charge is 2.25. The lowest BCUT2D eigenvalue weighted by molar-refractivity contribution is 0.0924. The molecule has 3 N–H and O–H groups in total. The van der Waals surface area contributed by atoms with Crippen LogP contribution in [-0.2, 0) is 0 Å². The number of carbonyl (C=O) groups is 1. The molecule has 2 aromatic rings. The topological polar surface area (TPSA) is 85.3 Å². The molecule has 7 nitrogen and oxygen atoms in total. The number of hydrogen-bond acceptors (Lipinski definition) is 6. The Morgan fingerprint density at radius 1 is 1.30 bits per heavy atom. The molecule has 0 radical (unpaired) electrons. The van der Waals surface area contributed by atoms with Crippen LogP contribution in [0.15, 0.2) is 42.5 Å². The van der Waals surface area contributed by atoms with E-state index in [4.69, 9.17) is 9.84 Å². The van der Waals surface area contributed by atoms with Crippen molar-refractivity contribution < 1.29 is 24.1 Å². The van der Waals surface area contributed by atoms with Gasteiger partial charge in [0.1, 0.15) is 11.6 Å². The third-order valence-corrected chi connectivity index (χ3v) is 5.87. The number of aliphatic hydroxyl groups excluding tert-OH is 2. The maximum atomic E-state index is 14.9. The van der Waals surface area contributed by atoms with E-state index in [1.165, 1.54) is 11.0 Å². The van der Waals surface area contributed by atoms with Crippen LogP contribution in [0.4, 0.5) is 15.8 Å². The molecule has 3 rings (SSSR count). The molecule has 0 aliphatic carbocycles. The standard InChI is InChI=1S/C25H34FN3O4/c1-3-4-13-33-22-8-5-18(6-9-22)25(32)28(2)20-7-10-24(23(26)14-20)29-12-11-19(16-29)27-15-21(31)17-30/h5-10,14,19,21,27,30-31H,3-4,11-13,15-17H2,1-2H3. The Morgan fingerprint density at radius 3 is 2.73 bits per heavy atom. The van der Waals surface area contributed by atoms with Crippen molar-refractivity contribution in [1.29, 1.82) is 0 Å². The van der Waals surface area contributed by atoms with Crippen LogP contribution in [0.25, 0.3) is 0 Å². The van der Waals surface area contributed by atoms with Crippen molar-refractivity contribution in [3.8, 4) is 5.75 Å². The van der Waals surface area contributed by atoms with Gasteiger partial charge in [-0.2, -0.15) is 0 Å². The minimum atomic E-state index is -0.798. The van der Waals surface area contributed by atoms with Crippen molar-refractivity contribution in [2.24, 2.45) is 0 Å². The highest BCUT2D eigenvalue weighted by Crippen LogP contribution is 2.28. The van der Waals surface area contributed by atoms with Crippen LogP contribution in [0.2, 0.25) is 0 Å². The average molecular weight is 460 g/mol. The fraction of sp³-hybridized carbons (Fsp3) is 0.480. The summed E-state index contributed by atoms with van der Waals surface area (Å²) in [5.41, 5.74) is 1.47. The fourth-order valence-corrected chi connectivity index (χ4v) is 3.81. The van der Waals surface area contributed by atoms with Gasteiger partial charge in [-0.3, -0.25) is 4.79 Å². The zero-order valence-corrected chi connectivity index (χ0v) is 19.3. The summed E-state index contributed by atoms with van der Waals surface area (Å²) in [4.78, 5) is 16.3. The van der Waals surface area contributed by atoms with Gasteiger partial charge in [0.25, 0.3) is 5.91 Å². The highest BCUT2D eigenvalue weighted by atomic mass is 19.1. The summed E-state index contributed by atoms with van der Waals surface area (Å²) in [5.74, 6) is 0.111. The number of ether oxygens (including phenoxy) is 1. The average Bonchev–Trinajstić information content (AvgIpc) is 3.30. The number of rotatable bonds is 11. The molecule has 0 spiro atoms. The molecule has 0 bridgehead atoms. The number of aliphatic hydroxyl groups is 2. The number of anilines is 2. The fourth-order valence-electron chi connectivity index (χ4n) is 3.81. The van der Waals surface area contributed by atoms with E-state index in [2.05, 4.69) is 12.2 Å². The summed E-state index contributed by atoms with van der Waals surface area (Å²) in [6.07, 6.45) is 2.05. The quantitative estimate of drug-likeness (QED) is 0.448. The predicted octanol–water partition coefficient (Wildman–Crippen LogP) is 2.80. The summed E-state index contributed by atoms with van der Waals surface area (Å²) in [7, 11) is 1.63. The molecule has 1 amide bonds. The molecule has 33 heavy (non-hydrogen) atoms. The van der Waals surface area contributed by atoms with Crippen LogP contribution in [0.5, 0.6) is 5.75 Å². The van der Waals surface area contributed by atoms with Gasteiger partial charge in [0.2, 0.25) is 0 Å². The monoisotopic (exact) mass is 459 g/mol. The number of nitrogens with one attached hydrogen (secondary N) is 1. The van der Waals surface area contributed by atoms with Crippen LogP contribution in [0, 0.1) is 5.82 Å². The Balaban J connectivity index is 1.60.